The van der Waals surface area contributed by atoms with E-state index in [0.29, 0.717) is 17.3 Å². The number of methoxy groups -OCH3 is 1. The molecule has 0 spiro atoms. The van der Waals surface area contributed by atoms with Crippen molar-refractivity contribution in [2.24, 2.45) is 5.73 Å². The van der Waals surface area contributed by atoms with E-state index < -0.39 is 11.9 Å². The molecule has 0 radical (unpaired) electrons. The molecule has 0 bridgehead atoms. The van der Waals surface area contributed by atoms with Crippen LogP contribution in [-0.2, 0) is 11.3 Å². The van der Waals surface area contributed by atoms with Crippen molar-refractivity contribution in [1.29, 1.82) is 0 Å². The molecule has 0 aliphatic heterocycles. The molecule has 0 saturated heterocycles. The second-order valence-electron chi connectivity index (χ2n) is 4.17. The Kier molecular flexibility index (Phi) is 4.39. The summed E-state index contributed by atoms with van der Waals surface area (Å²) in [6.07, 6.45) is 1.55. The van der Waals surface area contributed by atoms with Gasteiger partial charge in [0.1, 0.15) is 12.3 Å². The fourth-order valence-electron chi connectivity index (χ4n) is 1.63. The van der Waals surface area contributed by atoms with Crippen molar-refractivity contribution in [2.45, 2.75) is 6.54 Å². The van der Waals surface area contributed by atoms with Crippen molar-refractivity contribution in [3.8, 4) is 5.75 Å². The average molecular weight is 289 g/mol. The minimum atomic E-state index is -0.507. The van der Waals surface area contributed by atoms with Gasteiger partial charge in [-0.15, -0.1) is 0 Å². The van der Waals surface area contributed by atoms with Crippen LogP contribution in [0.25, 0.3) is 0 Å². The molecule has 3 amide bonds. The summed E-state index contributed by atoms with van der Waals surface area (Å²) in [5.41, 5.74) is 5.67. The lowest BCUT2D eigenvalue weighted by molar-refractivity contribution is -0.118. The number of primary amides is 1. The lowest BCUT2D eigenvalue weighted by Crippen LogP contribution is -2.21. The quantitative estimate of drug-likeness (QED) is 0.763. The molecule has 0 saturated carbocycles. The number of hydrogen-bond acceptors (Lipinski definition) is 4. The fourth-order valence-corrected chi connectivity index (χ4v) is 1.63. The molecule has 0 unspecified atom stereocenters. The summed E-state index contributed by atoms with van der Waals surface area (Å²) in [6, 6.07) is 8.02. The SMILES string of the molecule is COc1ccc(NC(=O)Nc2ccn(CC(N)=O)n2)cc1. The van der Waals surface area contributed by atoms with E-state index in [4.69, 9.17) is 10.5 Å². The number of benzene rings is 1. The Balaban J connectivity index is 1.91. The van der Waals surface area contributed by atoms with E-state index in [0.717, 1.165) is 0 Å². The normalized spacial score (nSPS) is 9.95. The van der Waals surface area contributed by atoms with E-state index in [1.165, 1.54) is 4.68 Å². The number of amides is 3. The van der Waals surface area contributed by atoms with Crippen molar-refractivity contribution in [3.05, 3.63) is 36.5 Å². The largest absolute Gasteiger partial charge is 0.497 e. The van der Waals surface area contributed by atoms with Crippen LogP contribution >= 0.6 is 0 Å². The molecule has 0 aliphatic carbocycles. The molecular formula is C13H15N5O3. The third kappa shape index (κ3) is 4.23. The van der Waals surface area contributed by atoms with Gasteiger partial charge in [-0.3, -0.25) is 14.8 Å². The van der Waals surface area contributed by atoms with Crippen LogP contribution < -0.4 is 21.1 Å². The van der Waals surface area contributed by atoms with Crippen LogP contribution in [0.4, 0.5) is 16.3 Å². The van der Waals surface area contributed by atoms with Gasteiger partial charge in [0.2, 0.25) is 5.91 Å². The van der Waals surface area contributed by atoms with Crippen LogP contribution in [-0.4, -0.2) is 28.8 Å². The van der Waals surface area contributed by atoms with E-state index in [1.54, 1.807) is 43.6 Å². The number of urea groups is 1. The average Bonchev–Trinajstić information content (AvgIpc) is 2.85. The van der Waals surface area contributed by atoms with Gasteiger partial charge in [-0.05, 0) is 24.3 Å². The summed E-state index contributed by atoms with van der Waals surface area (Å²) in [7, 11) is 1.57. The van der Waals surface area contributed by atoms with Crippen LogP contribution in [0, 0.1) is 0 Å². The molecule has 1 aromatic carbocycles. The lowest BCUT2D eigenvalue weighted by atomic mass is 10.3. The molecule has 0 atom stereocenters. The number of rotatable bonds is 5. The second-order valence-corrected chi connectivity index (χ2v) is 4.17. The number of carbonyl (C=O) groups excluding carboxylic acids is 2. The maximum absolute atomic E-state index is 11.8. The maximum atomic E-state index is 11.8. The Morgan fingerprint density at radius 3 is 2.57 bits per heavy atom. The van der Waals surface area contributed by atoms with Gasteiger partial charge in [0.05, 0.1) is 7.11 Å². The summed E-state index contributed by atoms with van der Waals surface area (Å²) in [4.78, 5) is 22.5. The topological polar surface area (TPSA) is 111 Å². The number of anilines is 2. The zero-order valence-electron chi connectivity index (χ0n) is 11.4. The molecule has 0 aliphatic rings. The Hall–Kier alpha value is -3.03. The van der Waals surface area contributed by atoms with Gasteiger partial charge in [-0.1, -0.05) is 0 Å². The number of aromatic nitrogens is 2. The molecule has 2 rings (SSSR count). The molecule has 8 heteroatoms. The summed E-state index contributed by atoms with van der Waals surface area (Å²) in [5, 5.41) is 9.18. The summed E-state index contributed by atoms with van der Waals surface area (Å²) in [6.45, 7) is -0.0399. The zero-order chi connectivity index (χ0) is 15.2. The predicted molar refractivity (Wildman–Crippen MR) is 77.1 cm³/mol. The summed E-state index contributed by atoms with van der Waals surface area (Å²) in [5.74, 6) is 0.515. The van der Waals surface area contributed by atoms with Crippen molar-refractivity contribution in [1.82, 2.24) is 9.78 Å². The molecule has 4 N–H and O–H groups in total. The third-order valence-corrected chi connectivity index (χ3v) is 2.55. The van der Waals surface area contributed by atoms with Crippen LogP contribution in [0.1, 0.15) is 0 Å². The number of nitrogens with zero attached hydrogens (tertiary/aromatic N) is 2. The second kappa shape index (κ2) is 6.42. The fraction of sp³-hybridized carbons (Fsp3) is 0.154. The third-order valence-electron chi connectivity index (χ3n) is 2.55. The van der Waals surface area contributed by atoms with Gasteiger partial charge in [0.25, 0.3) is 0 Å². The summed E-state index contributed by atoms with van der Waals surface area (Å²) < 4.78 is 6.36. The van der Waals surface area contributed by atoms with Crippen LogP contribution in [0.15, 0.2) is 36.5 Å². The minimum absolute atomic E-state index is 0.0399. The molecule has 21 heavy (non-hydrogen) atoms. The zero-order valence-corrected chi connectivity index (χ0v) is 11.4. The molecular weight excluding hydrogens is 274 g/mol. The number of nitrogens with one attached hydrogen (secondary N) is 2. The molecule has 0 fully saturated rings. The van der Waals surface area contributed by atoms with Gasteiger partial charge in [0, 0.05) is 18.0 Å². The Labute approximate surface area is 120 Å². The first kappa shape index (κ1) is 14.4. The predicted octanol–water partition coefficient (Wildman–Crippen LogP) is 1.02. The first-order valence-electron chi connectivity index (χ1n) is 6.10. The van der Waals surface area contributed by atoms with Crippen LogP contribution in [0.2, 0.25) is 0 Å². The van der Waals surface area contributed by atoms with Gasteiger partial charge in [-0.25, -0.2) is 4.79 Å². The van der Waals surface area contributed by atoms with Crippen molar-refractivity contribution in [2.75, 3.05) is 17.7 Å². The smallest absolute Gasteiger partial charge is 0.324 e. The number of ether oxygens (including phenoxy) is 1. The Morgan fingerprint density at radius 2 is 1.95 bits per heavy atom. The van der Waals surface area contributed by atoms with Crippen molar-refractivity contribution >= 4 is 23.4 Å². The van der Waals surface area contributed by atoms with Crippen LogP contribution in [0.3, 0.4) is 0 Å². The molecule has 2 aromatic rings. The van der Waals surface area contributed by atoms with E-state index >= 15 is 0 Å². The number of hydrogen-bond donors (Lipinski definition) is 3. The maximum Gasteiger partial charge on any atom is 0.324 e. The Morgan fingerprint density at radius 1 is 1.24 bits per heavy atom. The standard InChI is InChI=1S/C13H15N5O3/c1-21-10-4-2-9(3-5-10)15-13(20)16-12-6-7-18(17-12)8-11(14)19/h2-7H,8H2,1H3,(H2,14,19)(H2,15,16,17,20). The molecule has 1 heterocycles. The lowest BCUT2D eigenvalue weighted by Gasteiger charge is -2.06. The highest BCUT2D eigenvalue weighted by Crippen LogP contribution is 2.15. The van der Waals surface area contributed by atoms with E-state index in [2.05, 4.69) is 15.7 Å². The van der Waals surface area contributed by atoms with Gasteiger partial charge in [0.15, 0.2) is 5.82 Å². The van der Waals surface area contributed by atoms with Gasteiger partial charge < -0.3 is 15.8 Å². The van der Waals surface area contributed by atoms with Gasteiger partial charge >= 0.3 is 6.03 Å². The summed E-state index contributed by atoms with van der Waals surface area (Å²) >= 11 is 0. The van der Waals surface area contributed by atoms with E-state index in [1.807, 2.05) is 0 Å². The van der Waals surface area contributed by atoms with Crippen molar-refractivity contribution in [3.63, 3.8) is 0 Å². The minimum Gasteiger partial charge on any atom is -0.497 e. The molecule has 110 valence electrons. The molecule has 1 aromatic heterocycles. The van der Waals surface area contributed by atoms with Crippen LogP contribution in [0.5, 0.6) is 5.75 Å². The first-order chi connectivity index (χ1) is 10.1. The monoisotopic (exact) mass is 289 g/mol. The number of nitrogens with two attached hydrogens (primary N) is 1. The highest BCUT2D eigenvalue weighted by Gasteiger charge is 2.06. The molecule has 8 nitrogen and oxygen atoms in total. The number of carbonyl (C=O) groups is 2. The van der Waals surface area contributed by atoms with Crippen molar-refractivity contribution < 1.29 is 14.3 Å². The highest BCUT2D eigenvalue weighted by molar-refractivity contribution is 5.99. The van der Waals surface area contributed by atoms with Gasteiger partial charge in [-0.2, -0.15) is 5.10 Å². The van der Waals surface area contributed by atoms with E-state index in [9.17, 15) is 9.59 Å². The highest BCUT2D eigenvalue weighted by atomic mass is 16.5. The van der Waals surface area contributed by atoms with E-state index in [-0.39, 0.29) is 6.54 Å². The Bertz CT molecular complexity index is 636. The first-order valence-corrected chi connectivity index (χ1v) is 6.10.